The summed E-state index contributed by atoms with van der Waals surface area (Å²) >= 11 is 0. The average Bonchev–Trinajstić information content (AvgIpc) is 2.65. The number of hydrogen-bond donors (Lipinski definition) is 2. The number of rotatable bonds is 7. The van der Waals surface area contributed by atoms with Gasteiger partial charge in [0, 0.05) is 6.08 Å². The number of sulfonamides is 1. The Labute approximate surface area is 164 Å². The molecule has 0 aliphatic rings. The van der Waals surface area contributed by atoms with Gasteiger partial charge in [0.15, 0.2) is 6.61 Å². The van der Waals surface area contributed by atoms with Crippen LogP contribution >= 0.6 is 0 Å². The molecule has 0 bridgehead atoms. The van der Waals surface area contributed by atoms with Gasteiger partial charge >= 0.3 is 5.97 Å². The number of aryl methyl sites for hydroxylation is 1. The Morgan fingerprint density at radius 2 is 1.79 bits per heavy atom. The summed E-state index contributed by atoms with van der Waals surface area (Å²) in [4.78, 5) is 23.7. The summed E-state index contributed by atoms with van der Waals surface area (Å²) in [6.07, 6.45) is 2.90. The van der Waals surface area contributed by atoms with Crippen molar-refractivity contribution in [3.8, 4) is 0 Å². The third kappa shape index (κ3) is 6.33. The summed E-state index contributed by atoms with van der Waals surface area (Å²) in [5.74, 6) is -1.09. The molecule has 0 aromatic heterocycles. The standard InChI is InChI=1S/C20H22N2O5S/c1-14-5-3-4-6-16(14)9-12-20(24)27-13-19(23)22-15(2)17-7-10-18(11-8-17)28(21,25)26/h3-12,15H,13H2,1-2H3,(H,22,23)(H2,21,25,26)/b12-9+/t15-/m0/s1. The van der Waals surface area contributed by atoms with Crippen molar-refractivity contribution in [1.82, 2.24) is 5.32 Å². The van der Waals surface area contributed by atoms with Crippen molar-refractivity contribution in [3.63, 3.8) is 0 Å². The number of hydrogen-bond acceptors (Lipinski definition) is 5. The second-order valence-corrected chi connectivity index (χ2v) is 7.76. The van der Waals surface area contributed by atoms with Gasteiger partial charge < -0.3 is 10.1 Å². The largest absolute Gasteiger partial charge is 0.452 e. The number of benzene rings is 2. The number of carbonyl (C=O) groups excluding carboxylic acids is 2. The van der Waals surface area contributed by atoms with Crippen molar-refractivity contribution in [2.24, 2.45) is 5.14 Å². The molecule has 0 heterocycles. The molecule has 8 heteroatoms. The number of carbonyl (C=O) groups is 2. The molecule has 2 aromatic rings. The zero-order valence-corrected chi connectivity index (χ0v) is 16.4. The van der Waals surface area contributed by atoms with Gasteiger partial charge in [-0.3, -0.25) is 4.79 Å². The lowest BCUT2D eigenvalue weighted by Gasteiger charge is -2.14. The van der Waals surface area contributed by atoms with E-state index in [4.69, 9.17) is 9.88 Å². The van der Waals surface area contributed by atoms with Crippen LogP contribution in [-0.2, 0) is 24.3 Å². The lowest BCUT2D eigenvalue weighted by Crippen LogP contribution is -2.30. The van der Waals surface area contributed by atoms with Crippen LogP contribution in [0, 0.1) is 6.92 Å². The molecule has 7 nitrogen and oxygen atoms in total. The van der Waals surface area contributed by atoms with Crippen molar-refractivity contribution in [1.29, 1.82) is 0 Å². The highest BCUT2D eigenvalue weighted by Gasteiger charge is 2.13. The first kappa shape index (κ1) is 21.3. The minimum absolute atomic E-state index is 0.0100. The Morgan fingerprint density at radius 1 is 1.14 bits per heavy atom. The van der Waals surface area contributed by atoms with E-state index >= 15 is 0 Å². The molecule has 1 atom stereocenters. The number of nitrogens with two attached hydrogens (primary N) is 1. The van der Waals surface area contributed by atoms with Crippen molar-refractivity contribution in [2.75, 3.05) is 6.61 Å². The highest BCUT2D eigenvalue weighted by molar-refractivity contribution is 7.89. The summed E-state index contributed by atoms with van der Waals surface area (Å²) in [5, 5.41) is 7.72. The van der Waals surface area contributed by atoms with Gasteiger partial charge in [0.05, 0.1) is 10.9 Å². The Hall–Kier alpha value is -2.97. The SMILES string of the molecule is Cc1ccccc1/C=C/C(=O)OCC(=O)N[C@@H](C)c1ccc(S(N)(=O)=O)cc1. The van der Waals surface area contributed by atoms with Crippen LogP contribution in [0.3, 0.4) is 0 Å². The molecule has 0 aliphatic carbocycles. The van der Waals surface area contributed by atoms with Crippen LogP contribution in [-0.4, -0.2) is 26.9 Å². The molecule has 0 aliphatic heterocycles. The first-order valence-electron chi connectivity index (χ1n) is 8.49. The van der Waals surface area contributed by atoms with Crippen LogP contribution in [0.25, 0.3) is 6.08 Å². The quantitative estimate of drug-likeness (QED) is 0.543. The summed E-state index contributed by atoms with van der Waals surface area (Å²) < 4.78 is 27.4. The van der Waals surface area contributed by atoms with Crippen molar-refractivity contribution in [2.45, 2.75) is 24.8 Å². The number of primary sulfonamides is 1. The fraction of sp³-hybridized carbons (Fsp3) is 0.200. The fourth-order valence-electron chi connectivity index (χ4n) is 2.43. The zero-order valence-electron chi connectivity index (χ0n) is 15.6. The summed E-state index contributed by atoms with van der Waals surface area (Å²) in [5.41, 5.74) is 2.60. The van der Waals surface area contributed by atoms with E-state index in [1.54, 1.807) is 25.1 Å². The molecular weight excluding hydrogens is 380 g/mol. The van der Waals surface area contributed by atoms with Crippen LogP contribution in [0.15, 0.2) is 59.5 Å². The summed E-state index contributed by atoms with van der Waals surface area (Å²) in [6, 6.07) is 13.0. The molecule has 1 amide bonds. The van der Waals surface area contributed by atoms with Crippen molar-refractivity contribution < 1.29 is 22.7 Å². The van der Waals surface area contributed by atoms with Gasteiger partial charge in [-0.1, -0.05) is 36.4 Å². The molecule has 2 aromatic carbocycles. The molecule has 0 saturated heterocycles. The van der Waals surface area contributed by atoms with Crippen LogP contribution < -0.4 is 10.5 Å². The first-order valence-corrected chi connectivity index (χ1v) is 10.0. The number of ether oxygens (including phenoxy) is 1. The average molecular weight is 402 g/mol. The van der Waals surface area contributed by atoms with Gasteiger partial charge in [0.2, 0.25) is 10.0 Å². The molecule has 0 spiro atoms. The lowest BCUT2D eigenvalue weighted by atomic mass is 10.1. The molecule has 2 rings (SSSR count). The maximum atomic E-state index is 12.0. The Morgan fingerprint density at radius 3 is 2.39 bits per heavy atom. The van der Waals surface area contributed by atoms with Crippen LogP contribution in [0.5, 0.6) is 0 Å². The van der Waals surface area contributed by atoms with Gasteiger partial charge in [0.25, 0.3) is 5.91 Å². The molecule has 0 radical (unpaired) electrons. The Balaban J connectivity index is 1.84. The molecule has 3 N–H and O–H groups in total. The van der Waals surface area contributed by atoms with E-state index < -0.39 is 34.5 Å². The van der Waals surface area contributed by atoms with E-state index in [-0.39, 0.29) is 4.90 Å². The normalized spacial score (nSPS) is 12.5. The molecule has 148 valence electrons. The third-order valence-electron chi connectivity index (χ3n) is 4.02. The number of esters is 1. The summed E-state index contributed by atoms with van der Waals surface area (Å²) in [6.45, 7) is 3.23. The van der Waals surface area contributed by atoms with Crippen LogP contribution in [0.4, 0.5) is 0 Å². The van der Waals surface area contributed by atoms with Crippen molar-refractivity contribution in [3.05, 3.63) is 71.3 Å². The van der Waals surface area contributed by atoms with E-state index in [1.165, 1.54) is 18.2 Å². The lowest BCUT2D eigenvalue weighted by molar-refractivity contribution is -0.144. The van der Waals surface area contributed by atoms with Gasteiger partial charge in [-0.25, -0.2) is 18.4 Å². The maximum Gasteiger partial charge on any atom is 0.331 e. The molecular formula is C20H22N2O5S. The highest BCUT2D eigenvalue weighted by Crippen LogP contribution is 2.15. The molecule has 0 unspecified atom stereocenters. The Bertz CT molecular complexity index is 982. The van der Waals surface area contributed by atoms with E-state index in [0.29, 0.717) is 5.56 Å². The molecule has 0 saturated carbocycles. The van der Waals surface area contributed by atoms with Gasteiger partial charge in [-0.2, -0.15) is 0 Å². The zero-order chi connectivity index (χ0) is 20.7. The van der Waals surface area contributed by atoms with E-state index in [2.05, 4.69) is 5.32 Å². The summed E-state index contributed by atoms with van der Waals surface area (Å²) in [7, 11) is -3.77. The second-order valence-electron chi connectivity index (χ2n) is 6.20. The van der Waals surface area contributed by atoms with E-state index in [1.807, 2.05) is 31.2 Å². The molecule has 28 heavy (non-hydrogen) atoms. The monoisotopic (exact) mass is 402 g/mol. The highest BCUT2D eigenvalue weighted by atomic mass is 32.2. The second kappa shape index (κ2) is 9.29. The fourth-order valence-corrected chi connectivity index (χ4v) is 2.94. The minimum atomic E-state index is -3.77. The van der Waals surface area contributed by atoms with Crippen LogP contribution in [0.2, 0.25) is 0 Å². The molecule has 0 fully saturated rings. The maximum absolute atomic E-state index is 12.0. The topological polar surface area (TPSA) is 116 Å². The first-order chi connectivity index (χ1) is 13.2. The predicted molar refractivity (Wildman–Crippen MR) is 106 cm³/mol. The Kier molecular flexibility index (Phi) is 7.08. The van der Waals surface area contributed by atoms with Gasteiger partial charge in [-0.15, -0.1) is 0 Å². The van der Waals surface area contributed by atoms with Gasteiger partial charge in [-0.05, 0) is 48.7 Å². The predicted octanol–water partition coefficient (Wildman–Crippen LogP) is 2.08. The number of nitrogens with one attached hydrogen (secondary N) is 1. The van der Waals surface area contributed by atoms with Gasteiger partial charge in [0.1, 0.15) is 0 Å². The smallest absolute Gasteiger partial charge is 0.331 e. The van der Waals surface area contributed by atoms with E-state index in [9.17, 15) is 18.0 Å². The number of amides is 1. The van der Waals surface area contributed by atoms with Crippen molar-refractivity contribution >= 4 is 28.0 Å². The third-order valence-corrected chi connectivity index (χ3v) is 4.95. The minimum Gasteiger partial charge on any atom is -0.452 e. The van der Waals surface area contributed by atoms with Crippen LogP contribution in [0.1, 0.15) is 29.7 Å². The van der Waals surface area contributed by atoms with E-state index in [0.717, 1.165) is 11.1 Å².